The lowest BCUT2D eigenvalue weighted by Crippen LogP contribution is -2.53. The maximum Gasteiger partial charge on any atom is 0.260 e. The molecule has 3 fully saturated rings. The van der Waals surface area contributed by atoms with E-state index in [9.17, 15) is 9.59 Å². The summed E-state index contributed by atoms with van der Waals surface area (Å²) in [6, 6.07) is 7.67. The number of likely N-dealkylation sites (N-methyl/N-ethyl adjacent to an activating group) is 1. The van der Waals surface area contributed by atoms with Gasteiger partial charge in [-0.3, -0.25) is 9.59 Å². The van der Waals surface area contributed by atoms with Gasteiger partial charge >= 0.3 is 0 Å². The minimum absolute atomic E-state index is 0.00398. The fraction of sp³-hybridized carbons (Fsp3) is 0.524. The van der Waals surface area contributed by atoms with Crippen LogP contribution >= 0.6 is 23.4 Å². The van der Waals surface area contributed by atoms with E-state index in [1.54, 1.807) is 11.8 Å². The highest BCUT2D eigenvalue weighted by Crippen LogP contribution is 2.43. The summed E-state index contributed by atoms with van der Waals surface area (Å²) >= 11 is 7.91. The molecule has 2 amide bonds. The second kappa shape index (κ2) is 8.47. The lowest BCUT2D eigenvalue weighted by Gasteiger charge is -2.45. The van der Waals surface area contributed by atoms with Gasteiger partial charge in [-0.15, -0.1) is 11.8 Å². The third kappa shape index (κ3) is 3.95. The Labute approximate surface area is 175 Å². The van der Waals surface area contributed by atoms with Crippen molar-refractivity contribution in [1.29, 1.82) is 0 Å². The molecule has 0 aromatic heterocycles. The SMILES string of the molecule is CN1C(=O)/C(=C/c2ccccc2Cl)SC2CCC(C(=O)N3CCOCC3)CC21. The maximum atomic E-state index is 13.0. The fourth-order valence-electron chi connectivity index (χ4n) is 4.30. The Morgan fingerprint density at radius 1 is 1.25 bits per heavy atom. The number of fused-ring (bicyclic) bond motifs is 1. The number of hydrogen-bond acceptors (Lipinski definition) is 4. The summed E-state index contributed by atoms with van der Waals surface area (Å²) in [5, 5.41) is 0.971. The van der Waals surface area contributed by atoms with Gasteiger partial charge in [0.05, 0.1) is 18.1 Å². The molecule has 2 saturated heterocycles. The van der Waals surface area contributed by atoms with Crippen molar-refractivity contribution in [2.24, 2.45) is 5.92 Å². The van der Waals surface area contributed by atoms with Gasteiger partial charge in [-0.05, 0) is 37.0 Å². The molecular formula is C21H25ClN2O3S. The molecule has 0 N–H and O–H groups in total. The monoisotopic (exact) mass is 420 g/mol. The molecule has 2 heterocycles. The van der Waals surface area contributed by atoms with Crippen LogP contribution in [-0.4, -0.2) is 66.3 Å². The van der Waals surface area contributed by atoms with Crippen molar-refractivity contribution in [3.05, 3.63) is 39.8 Å². The van der Waals surface area contributed by atoms with Gasteiger partial charge in [-0.1, -0.05) is 29.8 Å². The molecule has 3 atom stereocenters. The van der Waals surface area contributed by atoms with Crippen molar-refractivity contribution in [1.82, 2.24) is 9.80 Å². The lowest BCUT2D eigenvalue weighted by molar-refractivity contribution is -0.142. The van der Waals surface area contributed by atoms with E-state index in [0.29, 0.717) is 36.6 Å². The van der Waals surface area contributed by atoms with Crippen molar-refractivity contribution < 1.29 is 14.3 Å². The van der Waals surface area contributed by atoms with Gasteiger partial charge in [0, 0.05) is 42.4 Å². The Morgan fingerprint density at radius 2 is 2.00 bits per heavy atom. The van der Waals surface area contributed by atoms with E-state index in [1.165, 1.54) is 0 Å². The molecular weight excluding hydrogens is 396 g/mol. The smallest absolute Gasteiger partial charge is 0.260 e. The summed E-state index contributed by atoms with van der Waals surface area (Å²) in [5.74, 6) is 0.250. The minimum Gasteiger partial charge on any atom is -0.378 e. The fourth-order valence-corrected chi connectivity index (χ4v) is 5.96. The van der Waals surface area contributed by atoms with E-state index < -0.39 is 0 Å². The lowest BCUT2D eigenvalue weighted by atomic mass is 9.83. The van der Waals surface area contributed by atoms with Crippen LogP contribution in [0.2, 0.25) is 5.02 Å². The Balaban J connectivity index is 1.47. The largest absolute Gasteiger partial charge is 0.378 e. The molecule has 5 nitrogen and oxygen atoms in total. The van der Waals surface area contributed by atoms with Crippen LogP contribution < -0.4 is 0 Å². The van der Waals surface area contributed by atoms with Gasteiger partial charge in [0.25, 0.3) is 5.91 Å². The van der Waals surface area contributed by atoms with Gasteiger partial charge in [-0.2, -0.15) is 0 Å². The molecule has 0 radical (unpaired) electrons. The number of benzene rings is 1. The van der Waals surface area contributed by atoms with Crippen molar-refractivity contribution in [2.75, 3.05) is 33.4 Å². The average Bonchev–Trinajstić information content (AvgIpc) is 2.73. The van der Waals surface area contributed by atoms with Gasteiger partial charge < -0.3 is 14.5 Å². The van der Waals surface area contributed by atoms with E-state index in [4.69, 9.17) is 16.3 Å². The Bertz CT molecular complexity index is 794. The van der Waals surface area contributed by atoms with E-state index in [1.807, 2.05) is 47.2 Å². The molecule has 1 aromatic carbocycles. The quantitative estimate of drug-likeness (QED) is 0.689. The van der Waals surface area contributed by atoms with Crippen LogP contribution in [0.5, 0.6) is 0 Å². The number of rotatable bonds is 2. The molecule has 1 saturated carbocycles. The summed E-state index contributed by atoms with van der Waals surface area (Å²) in [7, 11) is 1.86. The van der Waals surface area contributed by atoms with E-state index in [0.717, 1.165) is 29.7 Å². The Kier molecular flexibility index (Phi) is 5.99. The number of ether oxygens (including phenoxy) is 1. The molecule has 0 spiro atoms. The van der Waals surface area contributed by atoms with Gasteiger partial charge in [0.2, 0.25) is 5.91 Å². The molecule has 0 bridgehead atoms. The highest BCUT2D eigenvalue weighted by atomic mass is 35.5. The maximum absolute atomic E-state index is 13.0. The van der Waals surface area contributed by atoms with E-state index in [-0.39, 0.29) is 23.8 Å². The molecule has 2 aliphatic heterocycles. The first kappa shape index (κ1) is 19.8. The minimum atomic E-state index is 0.00398. The molecule has 3 aliphatic rings. The molecule has 1 aliphatic carbocycles. The topological polar surface area (TPSA) is 49.9 Å². The Morgan fingerprint density at radius 3 is 2.75 bits per heavy atom. The molecule has 7 heteroatoms. The second-order valence-corrected chi connectivity index (χ2v) is 9.31. The average molecular weight is 421 g/mol. The van der Waals surface area contributed by atoms with Crippen LogP contribution in [0.15, 0.2) is 29.2 Å². The zero-order chi connectivity index (χ0) is 19.7. The third-order valence-corrected chi connectivity index (χ3v) is 7.67. The molecule has 4 rings (SSSR count). The molecule has 1 aromatic rings. The zero-order valence-electron chi connectivity index (χ0n) is 16.0. The normalized spacial score (nSPS) is 29.7. The van der Waals surface area contributed by atoms with Crippen molar-refractivity contribution >= 4 is 41.3 Å². The van der Waals surface area contributed by atoms with Crippen LogP contribution in [0.3, 0.4) is 0 Å². The first-order valence-electron chi connectivity index (χ1n) is 9.81. The van der Waals surface area contributed by atoms with Gasteiger partial charge in [0.1, 0.15) is 0 Å². The van der Waals surface area contributed by atoms with Gasteiger partial charge in [0.15, 0.2) is 0 Å². The highest BCUT2D eigenvalue weighted by molar-refractivity contribution is 8.04. The highest BCUT2D eigenvalue weighted by Gasteiger charge is 2.43. The number of halogens is 1. The summed E-state index contributed by atoms with van der Waals surface area (Å²) < 4.78 is 5.36. The Hall–Kier alpha value is -1.50. The molecule has 3 unspecified atom stereocenters. The number of morpholine rings is 1. The number of carbonyl (C=O) groups is 2. The van der Waals surface area contributed by atoms with Crippen LogP contribution in [0.1, 0.15) is 24.8 Å². The van der Waals surface area contributed by atoms with Crippen molar-refractivity contribution in [3.8, 4) is 0 Å². The zero-order valence-corrected chi connectivity index (χ0v) is 17.5. The molecule has 150 valence electrons. The predicted molar refractivity (Wildman–Crippen MR) is 112 cm³/mol. The van der Waals surface area contributed by atoms with E-state index in [2.05, 4.69) is 0 Å². The van der Waals surface area contributed by atoms with Crippen molar-refractivity contribution in [3.63, 3.8) is 0 Å². The number of hydrogen-bond donors (Lipinski definition) is 0. The number of carbonyl (C=O) groups excluding carboxylic acids is 2. The number of nitrogens with zero attached hydrogens (tertiary/aromatic N) is 2. The standard InChI is InChI=1S/C21H25ClN2O3S/c1-23-17-12-15(20(25)24-8-10-27-11-9-24)6-7-18(17)28-19(21(23)26)13-14-4-2-3-5-16(14)22/h2-5,13,15,17-18H,6-12H2,1H3/b19-13-. The van der Waals surface area contributed by atoms with E-state index >= 15 is 0 Å². The summed E-state index contributed by atoms with van der Waals surface area (Å²) in [5.41, 5.74) is 0.864. The van der Waals surface area contributed by atoms with Crippen LogP contribution in [0, 0.1) is 5.92 Å². The number of thioether (sulfide) groups is 1. The molecule has 28 heavy (non-hydrogen) atoms. The van der Waals surface area contributed by atoms with Crippen LogP contribution in [-0.2, 0) is 14.3 Å². The van der Waals surface area contributed by atoms with Crippen LogP contribution in [0.25, 0.3) is 6.08 Å². The summed E-state index contributed by atoms with van der Waals surface area (Å²) in [4.78, 5) is 30.3. The first-order valence-corrected chi connectivity index (χ1v) is 11.1. The second-order valence-electron chi connectivity index (χ2n) is 7.62. The first-order chi connectivity index (χ1) is 13.5. The summed E-state index contributed by atoms with van der Waals surface area (Å²) in [6.45, 7) is 2.60. The van der Waals surface area contributed by atoms with Crippen molar-refractivity contribution in [2.45, 2.75) is 30.6 Å². The summed E-state index contributed by atoms with van der Waals surface area (Å²) in [6.07, 6.45) is 4.46. The van der Waals surface area contributed by atoms with Crippen LogP contribution in [0.4, 0.5) is 0 Å². The third-order valence-electron chi connectivity index (χ3n) is 5.93. The number of amides is 2. The van der Waals surface area contributed by atoms with Gasteiger partial charge in [-0.25, -0.2) is 0 Å². The predicted octanol–water partition coefficient (Wildman–Crippen LogP) is 3.28.